The summed E-state index contributed by atoms with van der Waals surface area (Å²) in [5.74, 6) is 1.90. The molecule has 11 aromatic rings. The smallest absolute Gasteiger partial charge is 0.164 e. The minimum atomic E-state index is 0.624. The molecule has 0 unspecified atom stereocenters. The van der Waals surface area contributed by atoms with Gasteiger partial charge in [-0.15, -0.1) is 0 Å². The number of nitrogens with zero attached hydrogens (tertiary/aromatic N) is 4. The van der Waals surface area contributed by atoms with Gasteiger partial charge in [0.15, 0.2) is 17.5 Å². The molecule has 56 heavy (non-hydrogen) atoms. The first-order valence-electron chi connectivity index (χ1n) is 18.8. The molecular weight excluding hydrogens is 685 g/mol. The summed E-state index contributed by atoms with van der Waals surface area (Å²) in [7, 11) is 0. The lowest BCUT2D eigenvalue weighted by molar-refractivity contribution is 0.669. The fourth-order valence-electron chi connectivity index (χ4n) is 7.89. The van der Waals surface area contributed by atoms with Crippen LogP contribution in [0.5, 0.6) is 0 Å². The third kappa shape index (κ3) is 5.45. The molecule has 0 bridgehead atoms. The highest BCUT2D eigenvalue weighted by molar-refractivity contribution is 6.11. The number of rotatable bonds is 6. The first kappa shape index (κ1) is 31.9. The van der Waals surface area contributed by atoms with Crippen molar-refractivity contribution >= 4 is 43.7 Å². The standard InChI is InChI=1S/C51H32N4O/c1-3-11-33(12-4-1)34-19-21-36(22-20-34)50-52-49(35-13-5-2-6-14-35)53-51(54-50)37-23-27-40(28-24-37)55-45-17-9-7-15-41(45)42-29-25-39(32-46(42)55)38-26-30-48-44(31-38)43-16-8-10-18-47(43)56-48/h1-32H. The highest BCUT2D eigenvalue weighted by atomic mass is 16.3. The summed E-state index contributed by atoms with van der Waals surface area (Å²) >= 11 is 0. The van der Waals surface area contributed by atoms with Crippen LogP contribution >= 0.6 is 0 Å². The first-order valence-corrected chi connectivity index (χ1v) is 18.8. The summed E-state index contributed by atoms with van der Waals surface area (Å²) in [6.07, 6.45) is 0. The van der Waals surface area contributed by atoms with Crippen LogP contribution in [0, 0.1) is 0 Å². The van der Waals surface area contributed by atoms with Crippen LogP contribution in [0.2, 0.25) is 0 Å². The van der Waals surface area contributed by atoms with Gasteiger partial charge in [0.05, 0.1) is 11.0 Å². The summed E-state index contributed by atoms with van der Waals surface area (Å²) in [6, 6.07) is 67.6. The maximum absolute atomic E-state index is 6.13. The molecule has 0 aliphatic rings. The van der Waals surface area contributed by atoms with Crippen LogP contribution in [0.3, 0.4) is 0 Å². The Balaban J connectivity index is 1.01. The minimum absolute atomic E-state index is 0.624. The van der Waals surface area contributed by atoms with E-state index in [4.69, 9.17) is 19.4 Å². The second kappa shape index (κ2) is 13.0. The molecule has 3 aromatic heterocycles. The molecule has 0 amide bonds. The number of para-hydroxylation sites is 2. The van der Waals surface area contributed by atoms with E-state index in [1.54, 1.807) is 0 Å². The van der Waals surface area contributed by atoms with Crippen LogP contribution in [-0.2, 0) is 0 Å². The largest absolute Gasteiger partial charge is 0.456 e. The van der Waals surface area contributed by atoms with Crippen molar-refractivity contribution in [1.82, 2.24) is 19.5 Å². The van der Waals surface area contributed by atoms with Gasteiger partial charge in [-0.3, -0.25) is 0 Å². The second-order valence-electron chi connectivity index (χ2n) is 14.1. The molecular formula is C51H32N4O. The van der Waals surface area contributed by atoms with Crippen LogP contribution in [0.1, 0.15) is 0 Å². The zero-order chi connectivity index (χ0) is 37.0. The van der Waals surface area contributed by atoms with E-state index in [9.17, 15) is 0 Å². The molecule has 0 fully saturated rings. The average Bonchev–Trinajstić information content (AvgIpc) is 3.82. The Morgan fingerprint density at radius 1 is 0.304 bits per heavy atom. The average molecular weight is 717 g/mol. The highest BCUT2D eigenvalue weighted by Gasteiger charge is 2.17. The van der Waals surface area contributed by atoms with Crippen LogP contribution in [0.25, 0.3) is 106 Å². The molecule has 0 atom stereocenters. The van der Waals surface area contributed by atoms with Crippen molar-refractivity contribution in [3.8, 4) is 62.1 Å². The highest BCUT2D eigenvalue weighted by Crippen LogP contribution is 2.37. The van der Waals surface area contributed by atoms with Gasteiger partial charge in [0.1, 0.15) is 11.2 Å². The Bertz CT molecular complexity index is 3220. The lowest BCUT2D eigenvalue weighted by atomic mass is 10.0. The van der Waals surface area contributed by atoms with Gasteiger partial charge in [0.2, 0.25) is 0 Å². The molecule has 0 N–H and O–H groups in total. The van der Waals surface area contributed by atoms with E-state index in [0.29, 0.717) is 17.5 Å². The molecule has 0 radical (unpaired) electrons. The quantitative estimate of drug-likeness (QED) is 0.172. The van der Waals surface area contributed by atoms with Gasteiger partial charge >= 0.3 is 0 Å². The molecule has 11 rings (SSSR count). The van der Waals surface area contributed by atoms with Crippen molar-refractivity contribution in [2.24, 2.45) is 0 Å². The summed E-state index contributed by atoms with van der Waals surface area (Å²) in [5, 5.41) is 4.66. The van der Waals surface area contributed by atoms with Crippen LogP contribution < -0.4 is 0 Å². The Hall–Kier alpha value is -7.63. The summed E-state index contributed by atoms with van der Waals surface area (Å²) in [4.78, 5) is 15.0. The van der Waals surface area contributed by atoms with E-state index >= 15 is 0 Å². The number of aromatic nitrogens is 4. The fraction of sp³-hybridized carbons (Fsp3) is 0. The third-order valence-electron chi connectivity index (χ3n) is 10.7. The zero-order valence-electron chi connectivity index (χ0n) is 30.2. The molecule has 0 aliphatic carbocycles. The lowest BCUT2D eigenvalue weighted by Crippen LogP contribution is -2.00. The number of hydrogen-bond donors (Lipinski definition) is 0. The minimum Gasteiger partial charge on any atom is -0.456 e. The van der Waals surface area contributed by atoms with Gasteiger partial charge in [-0.05, 0) is 76.9 Å². The Morgan fingerprint density at radius 2 is 0.768 bits per heavy atom. The Kier molecular flexibility index (Phi) is 7.42. The van der Waals surface area contributed by atoms with Crippen molar-refractivity contribution in [2.45, 2.75) is 0 Å². The second-order valence-corrected chi connectivity index (χ2v) is 14.1. The molecule has 5 heteroatoms. The van der Waals surface area contributed by atoms with E-state index in [-0.39, 0.29) is 0 Å². The monoisotopic (exact) mass is 716 g/mol. The number of furan rings is 1. The molecule has 3 heterocycles. The van der Waals surface area contributed by atoms with Crippen LogP contribution in [0.4, 0.5) is 0 Å². The van der Waals surface area contributed by atoms with E-state index in [1.807, 2.05) is 48.5 Å². The fourth-order valence-corrected chi connectivity index (χ4v) is 7.89. The topological polar surface area (TPSA) is 56.7 Å². The SMILES string of the molecule is c1ccc(-c2ccc(-c3nc(-c4ccccc4)nc(-c4ccc(-n5c6ccccc6c6ccc(-c7ccc8oc9ccccc9c8c7)cc65)cc4)n3)cc2)cc1. The van der Waals surface area contributed by atoms with Crippen molar-refractivity contribution in [1.29, 1.82) is 0 Å². The van der Waals surface area contributed by atoms with Gasteiger partial charge in [-0.2, -0.15) is 0 Å². The maximum Gasteiger partial charge on any atom is 0.164 e. The van der Waals surface area contributed by atoms with E-state index in [0.717, 1.165) is 72.0 Å². The molecule has 0 spiro atoms. The van der Waals surface area contributed by atoms with Crippen LogP contribution in [-0.4, -0.2) is 19.5 Å². The predicted octanol–water partition coefficient (Wildman–Crippen LogP) is 13.2. The maximum atomic E-state index is 6.13. The number of hydrogen-bond acceptors (Lipinski definition) is 4. The normalized spacial score (nSPS) is 11.6. The molecule has 262 valence electrons. The van der Waals surface area contributed by atoms with Gasteiger partial charge in [-0.1, -0.05) is 140 Å². The summed E-state index contributed by atoms with van der Waals surface area (Å²) < 4.78 is 8.49. The van der Waals surface area contributed by atoms with Gasteiger partial charge < -0.3 is 8.98 Å². The predicted molar refractivity (Wildman–Crippen MR) is 229 cm³/mol. The van der Waals surface area contributed by atoms with Gasteiger partial charge in [-0.25, -0.2) is 15.0 Å². The lowest BCUT2D eigenvalue weighted by Gasteiger charge is -2.11. The van der Waals surface area contributed by atoms with E-state index < -0.39 is 0 Å². The zero-order valence-corrected chi connectivity index (χ0v) is 30.2. The molecule has 0 saturated carbocycles. The van der Waals surface area contributed by atoms with E-state index in [1.165, 1.54) is 16.3 Å². The van der Waals surface area contributed by atoms with Gasteiger partial charge in [0, 0.05) is 43.9 Å². The summed E-state index contributed by atoms with van der Waals surface area (Å²) in [5.41, 5.74) is 12.5. The first-order chi connectivity index (χ1) is 27.7. The van der Waals surface area contributed by atoms with Crippen LogP contribution in [0.15, 0.2) is 199 Å². The van der Waals surface area contributed by atoms with E-state index in [2.05, 4.69) is 150 Å². The molecule has 5 nitrogen and oxygen atoms in total. The Labute approximate surface area is 322 Å². The van der Waals surface area contributed by atoms with Crippen molar-refractivity contribution in [3.63, 3.8) is 0 Å². The van der Waals surface area contributed by atoms with Crippen molar-refractivity contribution in [3.05, 3.63) is 194 Å². The summed E-state index contributed by atoms with van der Waals surface area (Å²) in [6.45, 7) is 0. The number of fused-ring (bicyclic) bond motifs is 6. The van der Waals surface area contributed by atoms with Gasteiger partial charge in [0.25, 0.3) is 0 Å². The van der Waals surface area contributed by atoms with Crippen molar-refractivity contribution < 1.29 is 4.42 Å². The van der Waals surface area contributed by atoms with Crippen molar-refractivity contribution in [2.75, 3.05) is 0 Å². The number of benzene rings is 8. The molecule has 0 aliphatic heterocycles. The molecule has 0 saturated heterocycles. The molecule has 8 aromatic carbocycles. The Morgan fingerprint density at radius 3 is 1.48 bits per heavy atom. The third-order valence-corrected chi connectivity index (χ3v) is 10.7.